The fourth-order valence-corrected chi connectivity index (χ4v) is 10.8. The number of rotatable bonds is 16. The molecule has 3 aliphatic rings. The molecule has 4 aromatic rings. The summed E-state index contributed by atoms with van der Waals surface area (Å²) in [6.45, 7) is 5.28. The Kier molecular flexibility index (Phi) is 22.2. The molecule has 0 unspecified atom stereocenters. The summed E-state index contributed by atoms with van der Waals surface area (Å²) in [5.41, 5.74) is 3.14. The first-order valence-corrected chi connectivity index (χ1v) is 29.6. The molecule has 0 radical (unpaired) electrons. The number of aliphatic hydroxyl groups excluding tert-OH is 8. The van der Waals surface area contributed by atoms with E-state index >= 15 is 0 Å². The Balaban J connectivity index is 1.18. The minimum absolute atomic E-state index is 0.0110. The van der Waals surface area contributed by atoms with Crippen LogP contribution in [0.4, 0.5) is 0 Å². The molecule has 0 bridgehead atoms. The molecule has 86 heavy (non-hydrogen) atoms. The van der Waals surface area contributed by atoms with Gasteiger partial charge in [-0.25, -0.2) is 4.57 Å². The number of benzene rings is 4. The van der Waals surface area contributed by atoms with Gasteiger partial charge < -0.3 is 86.5 Å². The Morgan fingerprint density at radius 2 is 1.15 bits per heavy atom. The predicted octanol–water partition coefficient (Wildman–Crippen LogP) is -1.16. The van der Waals surface area contributed by atoms with E-state index < -0.39 is 166 Å². The number of fused-ring (bicyclic) bond motifs is 2. The van der Waals surface area contributed by atoms with Gasteiger partial charge in [0.1, 0.15) is 66.1 Å². The van der Waals surface area contributed by atoms with Gasteiger partial charge in [-0.05, 0) is 84.5 Å². The van der Waals surface area contributed by atoms with Crippen LogP contribution in [0.2, 0.25) is 0 Å². The largest absolute Gasteiger partial charge is 0.524 e. The molecule has 7 rings (SSSR count). The van der Waals surface area contributed by atoms with E-state index in [0.717, 1.165) is 89.6 Å². The van der Waals surface area contributed by atoms with Gasteiger partial charge in [-0.1, -0.05) is 87.4 Å². The van der Waals surface area contributed by atoms with Crippen molar-refractivity contribution in [3.63, 3.8) is 0 Å². The third kappa shape index (κ3) is 16.4. The fourth-order valence-electron chi connectivity index (χ4n) is 10.4. The van der Waals surface area contributed by atoms with E-state index in [4.69, 9.17) is 4.74 Å². The number of hydrogen-bond acceptors (Lipinski definition) is 18. The SMILES string of the molecule is CCCCCOc1ccc(-c2ccc(-c3ccc(C(=O)N[C@H]4C[C@@H](O)[C@H](O)NC(=O)[C@@H]5[C@@H](O)[C@@H](C)CN5C(=O)[C@H]([C@@H](C)O)NC(=O)[C@H]([C@H](O)[C@@H](O)c5ccc(OP(=O)(O)O)cc5)NC(=O)[C@@H]5C[C@@H](O)CN5C(=O)[C@H]([C@@H](C)O)NC4=O)cc3)cc2)cc1. The molecule has 4 aromatic carbocycles. The van der Waals surface area contributed by atoms with E-state index in [1.807, 2.05) is 48.5 Å². The summed E-state index contributed by atoms with van der Waals surface area (Å²) in [6, 6.07) is 13.6. The van der Waals surface area contributed by atoms with Gasteiger partial charge in [0.05, 0.1) is 31.0 Å². The number of phosphoric acid groups is 1. The summed E-state index contributed by atoms with van der Waals surface area (Å²) in [5, 5.41) is 102. The minimum atomic E-state index is -5.06. The third-order valence-corrected chi connectivity index (χ3v) is 15.7. The smallest absolute Gasteiger partial charge is 0.494 e. The molecule has 3 heterocycles. The average molecular weight is 1220 g/mol. The Labute approximate surface area is 494 Å². The average Bonchev–Trinajstić information content (AvgIpc) is 2.75. The molecule has 3 saturated heterocycles. The lowest BCUT2D eigenvalue weighted by Gasteiger charge is -2.34. The Morgan fingerprint density at radius 3 is 1.70 bits per heavy atom. The number of carbonyl (C=O) groups excluding carboxylic acids is 7. The molecule has 0 spiro atoms. The van der Waals surface area contributed by atoms with Gasteiger partial charge in [0, 0.05) is 37.4 Å². The minimum Gasteiger partial charge on any atom is -0.494 e. The fraction of sp³-hybridized carbons (Fsp3) is 0.466. The number of carbonyl (C=O) groups is 7. The molecule has 28 heteroatoms. The maximum Gasteiger partial charge on any atom is 0.524 e. The number of amides is 7. The first kappa shape index (κ1) is 66.1. The predicted molar refractivity (Wildman–Crippen MR) is 304 cm³/mol. The van der Waals surface area contributed by atoms with Crippen LogP contribution in [0.25, 0.3) is 22.3 Å². The van der Waals surface area contributed by atoms with Crippen molar-refractivity contribution >= 4 is 49.2 Å². The van der Waals surface area contributed by atoms with Gasteiger partial charge in [-0.2, -0.15) is 0 Å². The molecule has 15 N–H and O–H groups in total. The van der Waals surface area contributed by atoms with E-state index in [1.165, 1.54) is 19.1 Å². The van der Waals surface area contributed by atoms with Crippen molar-refractivity contribution < 1.29 is 98.0 Å². The summed E-state index contributed by atoms with van der Waals surface area (Å²) in [6.07, 6.45) is -14.2. The highest BCUT2D eigenvalue weighted by atomic mass is 31.2. The standard InChI is InChI=1S/C58H74N7O20P/c1-5-6-7-24-84-39-20-16-35(17-21-39)33-10-8-32(9-11-33)34-12-14-37(15-13-34)51(73)59-41-26-43(69)54(76)63-56(78)47-48(70)29(2)27-65(47)58(80)45(31(4)67)61-55(77)46(50(72)49(71)36-18-22-40(23-19-36)85-86(81,82)83)62-53(75)42-25-38(68)28-64(42)57(79)44(30(3)66)60-52(41)74/h8-23,29-31,38,41-50,54,66-72,76H,5-7,24-28H2,1-4H3,(H,59,73)(H,60,74)(H,61,77)(H,62,75)(H,63,78)(H2,81,82,83)/t29-,30+,31+,38+,41-,42-,43+,44-,45-,46-,47-,48-,49-,50-,54-/m0/s1. The Bertz CT molecular complexity index is 3080. The lowest BCUT2D eigenvalue weighted by atomic mass is 9.96. The highest BCUT2D eigenvalue weighted by molar-refractivity contribution is 7.46. The van der Waals surface area contributed by atoms with Crippen LogP contribution in [0.3, 0.4) is 0 Å². The van der Waals surface area contributed by atoms with Gasteiger partial charge in [-0.3, -0.25) is 43.3 Å². The zero-order valence-corrected chi connectivity index (χ0v) is 48.3. The molecule has 0 saturated carbocycles. The molecule has 27 nitrogen and oxygen atoms in total. The van der Waals surface area contributed by atoms with Gasteiger partial charge >= 0.3 is 7.82 Å². The quantitative estimate of drug-likeness (QED) is 0.0465. The van der Waals surface area contributed by atoms with E-state index in [-0.39, 0.29) is 16.9 Å². The van der Waals surface area contributed by atoms with E-state index in [1.54, 1.807) is 12.1 Å². The van der Waals surface area contributed by atoms with Crippen molar-refractivity contribution in [2.45, 2.75) is 145 Å². The number of nitrogens with zero attached hydrogens (tertiary/aromatic N) is 2. The second kappa shape index (κ2) is 28.9. The van der Waals surface area contributed by atoms with Crippen LogP contribution in [0, 0.1) is 5.92 Å². The number of nitrogens with one attached hydrogen (secondary N) is 5. The van der Waals surface area contributed by atoms with E-state index in [0.29, 0.717) is 12.2 Å². The topological polar surface area (TPSA) is 424 Å². The van der Waals surface area contributed by atoms with Gasteiger partial charge in [0.2, 0.25) is 35.4 Å². The summed E-state index contributed by atoms with van der Waals surface area (Å²) >= 11 is 0. The Hall–Kier alpha value is -7.40. The van der Waals surface area contributed by atoms with Crippen molar-refractivity contribution in [3.05, 3.63) is 108 Å². The number of hydrogen-bond donors (Lipinski definition) is 15. The number of ether oxygens (including phenoxy) is 1. The molecule has 466 valence electrons. The zero-order valence-electron chi connectivity index (χ0n) is 47.5. The van der Waals surface area contributed by atoms with E-state index in [9.17, 15) is 88.8 Å². The Morgan fingerprint density at radius 1 is 0.640 bits per heavy atom. The zero-order chi connectivity index (χ0) is 62.9. The second-order valence-electron chi connectivity index (χ2n) is 21.8. The number of phosphoric ester groups is 1. The monoisotopic (exact) mass is 1220 g/mol. The van der Waals surface area contributed by atoms with Gasteiger partial charge in [-0.15, -0.1) is 0 Å². The van der Waals surface area contributed by atoms with Gasteiger partial charge in [0.25, 0.3) is 5.91 Å². The lowest BCUT2D eigenvalue weighted by molar-refractivity contribution is -0.148. The van der Waals surface area contributed by atoms with Crippen LogP contribution in [0.15, 0.2) is 97.1 Å². The van der Waals surface area contributed by atoms with Crippen LogP contribution in [0.5, 0.6) is 11.5 Å². The van der Waals surface area contributed by atoms with Gasteiger partial charge in [0.15, 0.2) is 6.23 Å². The molecule has 0 aromatic heterocycles. The van der Waals surface area contributed by atoms with Crippen molar-refractivity contribution in [1.29, 1.82) is 0 Å². The molecular formula is C58H74N7O20P. The summed E-state index contributed by atoms with van der Waals surface area (Å²) in [5.74, 6) is -9.20. The van der Waals surface area contributed by atoms with Crippen LogP contribution in [0.1, 0.15) is 81.8 Å². The molecular weight excluding hydrogens is 1150 g/mol. The van der Waals surface area contributed by atoms with Crippen LogP contribution in [-0.2, 0) is 33.3 Å². The first-order valence-electron chi connectivity index (χ1n) is 28.0. The maximum atomic E-state index is 14.5. The highest BCUT2D eigenvalue weighted by Crippen LogP contribution is 2.38. The van der Waals surface area contributed by atoms with E-state index in [2.05, 4.69) is 38.0 Å². The van der Waals surface area contributed by atoms with Crippen LogP contribution < -0.4 is 35.8 Å². The van der Waals surface area contributed by atoms with Crippen LogP contribution >= 0.6 is 7.82 Å². The van der Waals surface area contributed by atoms with Crippen LogP contribution in [-0.4, -0.2) is 201 Å². The second-order valence-corrected chi connectivity index (χ2v) is 23.0. The van der Waals surface area contributed by atoms with Crippen molar-refractivity contribution in [3.8, 4) is 33.8 Å². The lowest BCUT2D eigenvalue weighted by Crippen LogP contribution is -2.64. The third-order valence-electron chi connectivity index (χ3n) is 15.3. The normalized spacial score (nSPS) is 27.0. The summed E-state index contributed by atoms with van der Waals surface area (Å²) in [7, 11) is -5.06. The number of unbranched alkanes of at least 4 members (excludes halogenated alkanes) is 2. The summed E-state index contributed by atoms with van der Waals surface area (Å²) < 4.78 is 21.8. The van der Waals surface area contributed by atoms with Crippen molar-refractivity contribution in [2.75, 3.05) is 19.7 Å². The maximum absolute atomic E-state index is 14.5. The molecule has 3 fully saturated rings. The molecule has 7 amide bonds. The van der Waals surface area contributed by atoms with Crippen molar-refractivity contribution in [2.24, 2.45) is 5.92 Å². The molecule has 0 aliphatic carbocycles. The van der Waals surface area contributed by atoms with Crippen molar-refractivity contribution in [1.82, 2.24) is 36.4 Å². The highest BCUT2D eigenvalue weighted by Gasteiger charge is 2.50. The summed E-state index contributed by atoms with van der Waals surface area (Å²) in [4.78, 5) is 120. The number of aliphatic hydroxyl groups is 8. The first-order chi connectivity index (χ1) is 40.6. The molecule has 15 atom stereocenters. The molecule has 3 aliphatic heterocycles.